The zero-order valence-corrected chi connectivity index (χ0v) is 8.54. The summed E-state index contributed by atoms with van der Waals surface area (Å²) in [5.74, 6) is -0.341. The molecule has 74 valence electrons. The lowest BCUT2D eigenvalue weighted by atomic mass is 10.0. The minimum atomic E-state index is -0.341. The van der Waals surface area contributed by atoms with Crippen LogP contribution in [0.5, 0.6) is 0 Å². The van der Waals surface area contributed by atoms with Gasteiger partial charge in [0.05, 0.1) is 7.11 Å². The SMILES string of the molecule is C=C(Cc1cccc(C)c1)C(=O)OC. The number of ether oxygens (including phenoxy) is 1. The number of carbonyl (C=O) groups is 1. The van der Waals surface area contributed by atoms with Gasteiger partial charge in [-0.15, -0.1) is 0 Å². The predicted octanol–water partition coefficient (Wildman–Crippen LogP) is 2.27. The van der Waals surface area contributed by atoms with E-state index in [0.717, 1.165) is 5.56 Å². The van der Waals surface area contributed by atoms with Gasteiger partial charge in [-0.3, -0.25) is 0 Å². The Hall–Kier alpha value is -1.57. The lowest BCUT2D eigenvalue weighted by Crippen LogP contribution is -2.05. The first-order chi connectivity index (χ1) is 6.63. The Morgan fingerprint density at radius 3 is 2.79 bits per heavy atom. The molecular formula is C12H14O2. The second-order valence-corrected chi connectivity index (χ2v) is 3.26. The Bertz CT molecular complexity index is 353. The van der Waals surface area contributed by atoms with Gasteiger partial charge in [-0.05, 0) is 12.5 Å². The van der Waals surface area contributed by atoms with Gasteiger partial charge in [-0.2, -0.15) is 0 Å². The maximum absolute atomic E-state index is 11.1. The Kier molecular flexibility index (Phi) is 3.46. The van der Waals surface area contributed by atoms with Gasteiger partial charge in [-0.1, -0.05) is 36.4 Å². The molecular weight excluding hydrogens is 176 g/mol. The number of rotatable bonds is 3. The van der Waals surface area contributed by atoms with Crippen LogP contribution in [0.15, 0.2) is 36.4 Å². The van der Waals surface area contributed by atoms with Crippen LogP contribution in [0.1, 0.15) is 11.1 Å². The Morgan fingerprint density at radius 1 is 1.50 bits per heavy atom. The smallest absolute Gasteiger partial charge is 0.333 e. The maximum Gasteiger partial charge on any atom is 0.333 e. The van der Waals surface area contributed by atoms with E-state index in [1.165, 1.54) is 12.7 Å². The van der Waals surface area contributed by atoms with Crippen molar-refractivity contribution in [2.75, 3.05) is 7.11 Å². The molecule has 0 saturated heterocycles. The summed E-state index contributed by atoms with van der Waals surface area (Å²) >= 11 is 0. The molecule has 1 rings (SSSR count). The van der Waals surface area contributed by atoms with E-state index in [4.69, 9.17) is 0 Å². The van der Waals surface area contributed by atoms with E-state index < -0.39 is 0 Å². The fourth-order valence-corrected chi connectivity index (χ4v) is 1.29. The summed E-state index contributed by atoms with van der Waals surface area (Å²) in [5.41, 5.74) is 2.75. The van der Waals surface area contributed by atoms with Gasteiger partial charge in [0.2, 0.25) is 0 Å². The largest absolute Gasteiger partial charge is 0.466 e. The van der Waals surface area contributed by atoms with Crippen LogP contribution in [-0.4, -0.2) is 13.1 Å². The van der Waals surface area contributed by atoms with Crippen LogP contribution in [0, 0.1) is 6.92 Å². The van der Waals surface area contributed by atoms with E-state index in [1.54, 1.807) is 0 Å². The van der Waals surface area contributed by atoms with E-state index >= 15 is 0 Å². The monoisotopic (exact) mass is 190 g/mol. The van der Waals surface area contributed by atoms with Crippen molar-refractivity contribution in [1.29, 1.82) is 0 Å². The maximum atomic E-state index is 11.1. The second kappa shape index (κ2) is 4.61. The predicted molar refractivity (Wildman–Crippen MR) is 56.0 cm³/mol. The number of aryl methyl sites for hydroxylation is 1. The van der Waals surface area contributed by atoms with Gasteiger partial charge in [0.1, 0.15) is 0 Å². The van der Waals surface area contributed by atoms with Crippen molar-refractivity contribution in [3.8, 4) is 0 Å². The van der Waals surface area contributed by atoms with Crippen molar-refractivity contribution in [2.45, 2.75) is 13.3 Å². The third-order valence-corrected chi connectivity index (χ3v) is 1.97. The van der Waals surface area contributed by atoms with Gasteiger partial charge < -0.3 is 4.74 Å². The molecule has 0 saturated carbocycles. The zero-order valence-electron chi connectivity index (χ0n) is 8.54. The minimum Gasteiger partial charge on any atom is -0.466 e. The third kappa shape index (κ3) is 2.73. The molecule has 0 spiro atoms. The van der Waals surface area contributed by atoms with Crippen molar-refractivity contribution in [2.24, 2.45) is 0 Å². The highest BCUT2D eigenvalue weighted by atomic mass is 16.5. The van der Waals surface area contributed by atoms with Crippen LogP contribution in [0.2, 0.25) is 0 Å². The van der Waals surface area contributed by atoms with Crippen LogP contribution in [-0.2, 0) is 16.0 Å². The Morgan fingerprint density at radius 2 is 2.21 bits per heavy atom. The van der Waals surface area contributed by atoms with E-state index in [9.17, 15) is 4.79 Å². The molecule has 0 atom stereocenters. The molecule has 2 heteroatoms. The highest BCUT2D eigenvalue weighted by Crippen LogP contribution is 2.09. The minimum absolute atomic E-state index is 0.341. The molecule has 1 aromatic carbocycles. The molecule has 0 bridgehead atoms. The van der Waals surface area contributed by atoms with Gasteiger partial charge in [0.15, 0.2) is 0 Å². The molecule has 0 radical (unpaired) electrons. The van der Waals surface area contributed by atoms with Gasteiger partial charge in [0, 0.05) is 12.0 Å². The molecule has 0 N–H and O–H groups in total. The number of methoxy groups -OCH3 is 1. The number of hydrogen-bond acceptors (Lipinski definition) is 2. The summed E-state index contributed by atoms with van der Waals surface area (Å²) in [6.07, 6.45) is 0.550. The van der Waals surface area contributed by atoms with Crippen LogP contribution < -0.4 is 0 Å². The first kappa shape index (κ1) is 10.5. The number of hydrogen-bond donors (Lipinski definition) is 0. The van der Waals surface area contributed by atoms with Gasteiger partial charge in [0.25, 0.3) is 0 Å². The fraction of sp³-hybridized carbons (Fsp3) is 0.250. The molecule has 1 aromatic rings. The Labute approximate surface area is 84.2 Å². The number of carbonyl (C=O) groups excluding carboxylic acids is 1. The normalized spacial score (nSPS) is 9.57. The Balaban J connectivity index is 2.70. The van der Waals surface area contributed by atoms with Crippen molar-refractivity contribution >= 4 is 5.97 Å². The molecule has 0 aromatic heterocycles. The summed E-state index contributed by atoms with van der Waals surface area (Å²) in [5, 5.41) is 0. The standard InChI is InChI=1S/C12H14O2/c1-9-5-4-6-11(7-9)8-10(2)12(13)14-3/h4-7H,2,8H2,1,3H3. The highest BCUT2D eigenvalue weighted by molar-refractivity contribution is 5.88. The molecule has 2 nitrogen and oxygen atoms in total. The first-order valence-corrected chi connectivity index (χ1v) is 4.45. The summed E-state index contributed by atoms with van der Waals surface area (Å²) < 4.78 is 4.58. The lowest BCUT2D eigenvalue weighted by molar-refractivity contribution is -0.136. The third-order valence-electron chi connectivity index (χ3n) is 1.97. The number of benzene rings is 1. The van der Waals surface area contributed by atoms with E-state index in [2.05, 4.69) is 11.3 Å². The molecule has 14 heavy (non-hydrogen) atoms. The quantitative estimate of drug-likeness (QED) is 0.540. The second-order valence-electron chi connectivity index (χ2n) is 3.26. The molecule has 0 unspecified atom stereocenters. The average Bonchev–Trinajstić information content (AvgIpc) is 2.16. The van der Waals surface area contributed by atoms with Crippen LogP contribution >= 0.6 is 0 Å². The van der Waals surface area contributed by atoms with Crippen molar-refractivity contribution < 1.29 is 9.53 Å². The van der Waals surface area contributed by atoms with Gasteiger partial charge >= 0.3 is 5.97 Å². The van der Waals surface area contributed by atoms with Crippen molar-refractivity contribution in [1.82, 2.24) is 0 Å². The summed E-state index contributed by atoms with van der Waals surface area (Å²) in [7, 11) is 1.36. The first-order valence-electron chi connectivity index (χ1n) is 4.45. The van der Waals surface area contributed by atoms with Crippen molar-refractivity contribution in [3.05, 3.63) is 47.5 Å². The summed E-state index contributed by atoms with van der Waals surface area (Å²) in [6, 6.07) is 7.99. The zero-order chi connectivity index (χ0) is 10.6. The molecule has 0 aliphatic rings. The van der Waals surface area contributed by atoms with E-state index in [0.29, 0.717) is 12.0 Å². The molecule has 0 amide bonds. The average molecular weight is 190 g/mol. The van der Waals surface area contributed by atoms with Crippen molar-refractivity contribution in [3.63, 3.8) is 0 Å². The van der Waals surface area contributed by atoms with Crippen LogP contribution in [0.3, 0.4) is 0 Å². The fourth-order valence-electron chi connectivity index (χ4n) is 1.29. The van der Waals surface area contributed by atoms with Crippen LogP contribution in [0.4, 0.5) is 0 Å². The number of esters is 1. The topological polar surface area (TPSA) is 26.3 Å². The van der Waals surface area contributed by atoms with Gasteiger partial charge in [-0.25, -0.2) is 4.79 Å². The lowest BCUT2D eigenvalue weighted by Gasteiger charge is -2.04. The van der Waals surface area contributed by atoms with Crippen LogP contribution in [0.25, 0.3) is 0 Å². The molecule has 0 fully saturated rings. The summed E-state index contributed by atoms with van der Waals surface area (Å²) in [6.45, 7) is 5.69. The molecule has 0 aliphatic carbocycles. The summed E-state index contributed by atoms with van der Waals surface area (Å²) in [4.78, 5) is 11.1. The molecule has 0 heterocycles. The highest BCUT2D eigenvalue weighted by Gasteiger charge is 2.06. The van der Waals surface area contributed by atoms with E-state index in [-0.39, 0.29) is 5.97 Å². The molecule has 0 aliphatic heterocycles. The van der Waals surface area contributed by atoms with E-state index in [1.807, 2.05) is 31.2 Å².